The van der Waals surface area contributed by atoms with Crippen LogP contribution in [0, 0.1) is 5.92 Å². The highest BCUT2D eigenvalue weighted by molar-refractivity contribution is 5.75. The molecule has 0 aromatic rings. The minimum atomic E-state index is 0.193. The van der Waals surface area contributed by atoms with Crippen molar-refractivity contribution in [2.75, 3.05) is 6.54 Å². The maximum atomic E-state index is 11.3. The summed E-state index contributed by atoms with van der Waals surface area (Å²) in [6, 6.07) is 0.257. The Hall–Kier alpha value is -1.05. The minimum absolute atomic E-state index is 0.193. The van der Waals surface area contributed by atoms with Crippen molar-refractivity contribution in [2.24, 2.45) is 5.92 Å². The van der Waals surface area contributed by atoms with Crippen LogP contribution in [-0.4, -0.2) is 23.4 Å². The van der Waals surface area contributed by atoms with E-state index in [-0.39, 0.29) is 11.9 Å². The summed E-state index contributed by atoms with van der Waals surface area (Å²) in [5, 5.41) is 0. The summed E-state index contributed by atoms with van der Waals surface area (Å²) in [7, 11) is 0. The van der Waals surface area contributed by atoms with E-state index >= 15 is 0 Å². The van der Waals surface area contributed by atoms with Crippen LogP contribution in [0.3, 0.4) is 0 Å². The highest BCUT2D eigenvalue weighted by atomic mass is 16.2. The van der Waals surface area contributed by atoms with Crippen molar-refractivity contribution in [3.8, 4) is 0 Å². The number of piperidine rings is 1. The van der Waals surface area contributed by atoms with Gasteiger partial charge in [0.1, 0.15) is 0 Å². The van der Waals surface area contributed by atoms with Gasteiger partial charge in [0.25, 0.3) is 0 Å². The first-order valence-corrected chi connectivity index (χ1v) is 4.83. The van der Waals surface area contributed by atoms with E-state index in [2.05, 4.69) is 25.2 Å². The number of nitrogens with zero attached hydrogens (tertiary/aromatic N) is 1. The lowest BCUT2D eigenvalue weighted by molar-refractivity contribution is -0.131. The third-order valence-corrected chi connectivity index (χ3v) is 2.99. The number of rotatable bonds is 0. The lowest BCUT2D eigenvalue weighted by atomic mass is 9.82. The van der Waals surface area contributed by atoms with E-state index in [4.69, 9.17) is 0 Å². The third kappa shape index (κ3) is 1.30. The van der Waals surface area contributed by atoms with Crippen molar-refractivity contribution in [1.29, 1.82) is 0 Å². The fourth-order valence-corrected chi connectivity index (χ4v) is 2.29. The summed E-state index contributed by atoms with van der Waals surface area (Å²) in [5.41, 5.74) is 1.40. The van der Waals surface area contributed by atoms with Crippen LogP contribution in [0.15, 0.2) is 23.8 Å². The molecule has 1 aliphatic carbocycles. The zero-order valence-corrected chi connectivity index (χ0v) is 8.16. The molecule has 0 spiro atoms. The molecule has 0 aromatic heterocycles. The van der Waals surface area contributed by atoms with Gasteiger partial charge in [-0.05, 0) is 24.8 Å². The van der Waals surface area contributed by atoms with Gasteiger partial charge in [0.15, 0.2) is 0 Å². The maximum Gasteiger partial charge on any atom is 0.220 e. The molecule has 2 heterocycles. The van der Waals surface area contributed by atoms with E-state index in [9.17, 15) is 4.79 Å². The van der Waals surface area contributed by atoms with E-state index in [0.29, 0.717) is 5.92 Å². The van der Waals surface area contributed by atoms with Gasteiger partial charge in [-0.25, -0.2) is 0 Å². The smallest absolute Gasteiger partial charge is 0.220 e. The fourth-order valence-electron chi connectivity index (χ4n) is 2.29. The van der Waals surface area contributed by atoms with Crippen LogP contribution >= 0.6 is 0 Å². The van der Waals surface area contributed by atoms with Crippen molar-refractivity contribution in [1.82, 2.24) is 4.90 Å². The largest absolute Gasteiger partial charge is 0.332 e. The van der Waals surface area contributed by atoms with Crippen LogP contribution in [0.4, 0.5) is 0 Å². The number of hydrogen-bond acceptors (Lipinski definition) is 1. The first-order valence-electron chi connectivity index (χ1n) is 4.83. The van der Waals surface area contributed by atoms with Crippen molar-refractivity contribution < 1.29 is 4.79 Å². The highest BCUT2D eigenvalue weighted by Crippen LogP contribution is 2.33. The molecule has 2 unspecified atom stereocenters. The third-order valence-electron chi connectivity index (χ3n) is 2.99. The van der Waals surface area contributed by atoms with Crippen LogP contribution in [-0.2, 0) is 4.79 Å². The summed E-state index contributed by atoms with van der Waals surface area (Å²) in [6.07, 6.45) is 7.70. The Morgan fingerprint density at radius 2 is 2.38 bits per heavy atom. The van der Waals surface area contributed by atoms with Crippen LogP contribution in [0.2, 0.25) is 0 Å². The molecule has 3 aliphatic rings. The Labute approximate surface area is 78.9 Å². The van der Waals surface area contributed by atoms with Gasteiger partial charge in [0, 0.05) is 13.5 Å². The Kier molecular flexibility index (Phi) is 1.98. The number of hydrogen-bond donors (Lipinski definition) is 0. The van der Waals surface area contributed by atoms with Gasteiger partial charge in [-0.15, -0.1) is 0 Å². The number of fused-ring (bicyclic) bond motifs is 2. The molecule has 2 bridgehead atoms. The fraction of sp³-hybridized carbons (Fsp3) is 0.545. The van der Waals surface area contributed by atoms with E-state index < -0.39 is 0 Å². The van der Waals surface area contributed by atoms with Gasteiger partial charge >= 0.3 is 0 Å². The molecule has 2 nitrogen and oxygen atoms in total. The quantitative estimate of drug-likeness (QED) is 0.516. The Balaban J connectivity index is 2.30. The SMILES string of the molecule is C/C=C1\CC2C=CC1N(C(C)=O)C2. The number of amides is 1. The Morgan fingerprint density at radius 1 is 1.62 bits per heavy atom. The van der Waals surface area contributed by atoms with Crippen LogP contribution < -0.4 is 0 Å². The van der Waals surface area contributed by atoms with Crippen molar-refractivity contribution in [2.45, 2.75) is 26.3 Å². The van der Waals surface area contributed by atoms with Crippen molar-refractivity contribution in [3.05, 3.63) is 23.8 Å². The van der Waals surface area contributed by atoms with E-state index in [0.717, 1.165) is 13.0 Å². The summed E-state index contributed by atoms with van der Waals surface area (Å²) >= 11 is 0. The van der Waals surface area contributed by atoms with Crippen molar-refractivity contribution >= 4 is 5.91 Å². The number of carbonyl (C=O) groups is 1. The van der Waals surface area contributed by atoms with Crippen LogP contribution in [0.25, 0.3) is 0 Å². The van der Waals surface area contributed by atoms with Crippen molar-refractivity contribution in [3.63, 3.8) is 0 Å². The molecule has 0 radical (unpaired) electrons. The molecule has 1 fully saturated rings. The van der Waals surface area contributed by atoms with Gasteiger partial charge in [0.05, 0.1) is 6.04 Å². The first kappa shape index (κ1) is 8.54. The van der Waals surface area contributed by atoms with Gasteiger partial charge in [0.2, 0.25) is 5.91 Å². The average molecular weight is 177 g/mol. The normalized spacial score (nSPS) is 34.3. The van der Waals surface area contributed by atoms with E-state index in [1.807, 2.05) is 4.90 Å². The second-order valence-corrected chi connectivity index (χ2v) is 3.83. The second kappa shape index (κ2) is 3.02. The summed E-state index contributed by atoms with van der Waals surface area (Å²) < 4.78 is 0. The van der Waals surface area contributed by atoms with Crippen LogP contribution in [0.5, 0.6) is 0 Å². The van der Waals surface area contributed by atoms with Gasteiger partial charge < -0.3 is 4.90 Å². The zero-order chi connectivity index (χ0) is 9.42. The monoisotopic (exact) mass is 177 g/mol. The lowest BCUT2D eigenvalue weighted by Crippen LogP contribution is -2.48. The zero-order valence-electron chi connectivity index (χ0n) is 8.16. The molecule has 2 aliphatic heterocycles. The molecule has 13 heavy (non-hydrogen) atoms. The predicted molar refractivity (Wildman–Crippen MR) is 52.2 cm³/mol. The van der Waals surface area contributed by atoms with Gasteiger partial charge in [-0.1, -0.05) is 18.2 Å². The summed E-state index contributed by atoms with van der Waals surface area (Å²) in [6.45, 7) is 4.62. The molecule has 1 saturated heterocycles. The molecule has 70 valence electrons. The Bertz CT molecular complexity index is 290. The molecule has 0 N–H and O–H groups in total. The molecule has 2 heteroatoms. The Morgan fingerprint density at radius 3 is 2.92 bits per heavy atom. The summed E-state index contributed by atoms with van der Waals surface area (Å²) in [4.78, 5) is 13.3. The lowest BCUT2D eigenvalue weighted by Gasteiger charge is -2.42. The number of carbonyl (C=O) groups excluding carboxylic acids is 1. The standard InChI is InChI=1S/C11H15NO/c1-3-10-6-9-4-5-11(10)12(7-9)8(2)13/h3-5,9,11H,6-7H2,1-2H3/b10-3+. The molecule has 0 saturated carbocycles. The first-order chi connectivity index (χ1) is 6.22. The molecule has 1 amide bonds. The summed E-state index contributed by atoms with van der Waals surface area (Å²) in [5.74, 6) is 0.749. The van der Waals surface area contributed by atoms with Gasteiger partial charge in [-0.2, -0.15) is 0 Å². The molecular weight excluding hydrogens is 162 g/mol. The van der Waals surface area contributed by atoms with Crippen LogP contribution in [0.1, 0.15) is 20.3 Å². The predicted octanol–water partition coefficient (Wildman–Crippen LogP) is 1.74. The molecule has 0 aromatic carbocycles. The maximum absolute atomic E-state index is 11.3. The topological polar surface area (TPSA) is 20.3 Å². The van der Waals surface area contributed by atoms with E-state index in [1.54, 1.807) is 6.92 Å². The minimum Gasteiger partial charge on any atom is -0.332 e. The van der Waals surface area contributed by atoms with E-state index in [1.165, 1.54) is 5.57 Å². The number of allylic oxidation sites excluding steroid dienone is 1. The average Bonchev–Trinajstić information content (AvgIpc) is 2.18. The molecule has 3 rings (SSSR count). The highest BCUT2D eigenvalue weighted by Gasteiger charge is 2.33. The molecular formula is C11H15NO. The second-order valence-electron chi connectivity index (χ2n) is 3.83. The molecule has 2 atom stereocenters. The van der Waals surface area contributed by atoms with Gasteiger partial charge in [-0.3, -0.25) is 4.79 Å².